The Morgan fingerprint density at radius 3 is 2.56 bits per heavy atom. The molecule has 96 valence electrons. The quantitative estimate of drug-likeness (QED) is 0.793. The Morgan fingerprint density at radius 2 is 2.06 bits per heavy atom. The van der Waals surface area contributed by atoms with Crippen LogP contribution in [-0.4, -0.2) is 28.2 Å². The number of halogens is 1. The molecule has 0 bridgehead atoms. The summed E-state index contributed by atoms with van der Waals surface area (Å²) in [5, 5.41) is 3.36. The van der Waals surface area contributed by atoms with E-state index in [1.54, 1.807) is 0 Å². The smallest absolute Gasteiger partial charge is 0.410 e. The van der Waals surface area contributed by atoms with Crippen molar-refractivity contribution in [3.8, 4) is 5.75 Å². The van der Waals surface area contributed by atoms with Crippen molar-refractivity contribution in [2.24, 2.45) is 0 Å². The summed E-state index contributed by atoms with van der Waals surface area (Å²) in [6.07, 6.45) is -0.565. The first-order valence-corrected chi connectivity index (χ1v) is 5.85. The lowest BCUT2D eigenvalue weighted by Gasteiger charge is -2.17. The Bertz CT molecular complexity index is 487. The molecule has 0 radical (unpaired) electrons. The van der Waals surface area contributed by atoms with Crippen molar-refractivity contribution in [1.82, 2.24) is 10.2 Å². The maximum absolute atomic E-state index is 12.7. The standard InChI is InChI=1S/C12H13FN2O2S/c1-12(2)7-15(10(18)14-12)11(16)17-9-5-3-8(13)4-6-9/h3-6H,7H2,1-2H3,(H,14,18). The van der Waals surface area contributed by atoms with Gasteiger partial charge < -0.3 is 10.1 Å². The van der Waals surface area contributed by atoms with Crippen molar-refractivity contribution in [1.29, 1.82) is 0 Å². The van der Waals surface area contributed by atoms with E-state index in [2.05, 4.69) is 5.32 Å². The summed E-state index contributed by atoms with van der Waals surface area (Å²) < 4.78 is 17.8. The summed E-state index contributed by atoms with van der Waals surface area (Å²) in [6, 6.07) is 5.25. The first kappa shape index (κ1) is 12.8. The number of ether oxygens (including phenoxy) is 1. The Kier molecular flexibility index (Phi) is 3.21. The molecule has 0 spiro atoms. The molecular weight excluding hydrogens is 255 g/mol. The van der Waals surface area contributed by atoms with E-state index < -0.39 is 6.09 Å². The molecule has 6 heteroatoms. The van der Waals surface area contributed by atoms with Crippen LogP contribution in [0.2, 0.25) is 0 Å². The van der Waals surface area contributed by atoms with Gasteiger partial charge in [0.25, 0.3) is 0 Å². The van der Waals surface area contributed by atoms with Crippen molar-refractivity contribution in [2.75, 3.05) is 6.54 Å². The normalized spacial score (nSPS) is 17.5. The maximum Gasteiger partial charge on any atom is 0.421 e. The third kappa shape index (κ3) is 2.76. The first-order valence-electron chi connectivity index (χ1n) is 5.44. The summed E-state index contributed by atoms with van der Waals surface area (Å²) in [7, 11) is 0. The van der Waals surface area contributed by atoms with E-state index in [-0.39, 0.29) is 17.1 Å². The largest absolute Gasteiger partial charge is 0.421 e. The predicted molar refractivity (Wildman–Crippen MR) is 68.9 cm³/mol. The van der Waals surface area contributed by atoms with E-state index in [1.165, 1.54) is 29.2 Å². The van der Waals surface area contributed by atoms with Gasteiger partial charge in [-0.05, 0) is 50.3 Å². The highest BCUT2D eigenvalue weighted by atomic mass is 32.1. The number of amides is 1. The van der Waals surface area contributed by atoms with Crippen LogP contribution in [0.4, 0.5) is 9.18 Å². The summed E-state index contributed by atoms with van der Waals surface area (Å²) >= 11 is 5.06. The highest BCUT2D eigenvalue weighted by molar-refractivity contribution is 7.80. The predicted octanol–water partition coefficient (Wildman–Crippen LogP) is 2.29. The van der Waals surface area contributed by atoms with Crippen LogP contribution < -0.4 is 10.1 Å². The van der Waals surface area contributed by atoms with Gasteiger partial charge in [0.15, 0.2) is 5.11 Å². The van der Waals surface area contributed by atoms with Gasteiger partial charge in [-0.1, -0.05) is 0 Å². The van der Waals surface area contributed by atoms with Crippen LogP contribution in [0.3, 0.4) is 0 Å². The van der Waals surface area contributed by atoms with Gasteiger partial charge in [0, 0.05) is 0 Å². The van der Waals surface area contributed by atoms with Gasteiger partial charge in [0.2, 0.25) is 0 Å². The minimum Gasteiger partial charge on any atom is -0.410 e. The minimum absolute atomic E-state index is 0.265. The molecule has 1 amide bonds. The second kappa shape index (κ2) is 4.53. The molecule has 1 heterocycles. The molecule has 18 heavy (non-hydrogen) atoms. The molecule has 0 aliphatic carbocycles. The first-order chi connectivity index (χ1) is 8.37. The Morgan fingerprint density at radius 1 is 1.44 bits per heavy atom. The van der Waals surface area contributed by atoms with Crippen molar-refractivity contribution in [3.63, 3.8) is 0 Å². The van der Waals surface area contributed by atoms with Gasteiger partial charge in [-0.2, -0.15) is 0 Å². The monoisotopic (exact) mass is 268 g/mol. The lowest BCUT2D eigenvalue weighted by Crippen LogP contribution is -2.36. The van der Waals surface area contributed by atoms with Crippen LogP contribution >= 0.6 is 12.2 Å². The fraction of sp³-hybridized carbons (Fsp3) is 0.333. The lowest BCUT2D eigenvalue weighted by atomic mass is 10.1. The average Bonchev–Trinajstić information content (AvgIpc) is 2.55. The van der Waals surface area contributed by atoms with E-state index in [0.717, 1.165) is 0 Å². The molecule has 4 nitrogen and oxygen atoms in total. The highest BCUT2D eigenvalue weighted by Gasteiger charge is 2.36. The average molecular weight is 268 g/mol. The van der Waals surface area contributed by atoms with Gasteiger partial charge in [-0.15, -0.1) is 0 Å². The molecule has 1 aliphatic heterocycles. The van der Waals surface area contributed by atoms with Crippen LogP contribution in [0.25, 0.3) is 0 Å². The van der Waals surface area contributed by atoms with Crippen molar-refractivity contribution < 1.29 is 13.9 Å². The van der Waals surface area contributed by atoms with Crippen LogP contribution in [-0.2, 0) is 0 Å². The number of carbonyl (C=O) groups excluding carboxylic acids is 1. The Labute approximate surface area is 110 Å². The second-order valence-corrected chi connectivity index (χ2v) is 5.11. The van der Waals surface area contributed by atoms with Gasteiger partial charge in [0.1, 0.15) is 11.6 Å². The number of thiocarbonyl (C=S) groups is 1. The highest BCUT2D eigenvalue weighted by Crippen LogP contribution is 2.18. The molecule has 1 fully saturated rings. The Balaban J connectivity index is 2.05. The number of hydrogen-bond donors (Lipinski definition) is 1. The van der Waals surface area contributed by atoms with E-state index in [9.17, 15) is 9.18 Å². The van der Waals surface area contributed by atoms with Crippen molar-refractivity contribution in [2.45, 2.75) is 19.4 Å². The number of rotatable bonds is 1. The van der Waals surface area contributed by atoms with Crippen LogP contribution in [0.15, 0.2) is 24.3 Å². The fourth-order valence-corrected chi connectivity index (χ4v) is 2.08. The molecule has 1 aromatic rings. The Hall–Kier alpha value is -1.69. The van der Waals surface area contributed by atoms with Crippen molar-refractivity contribution >= 4 is 23.4 Å². The molecule has 1 N–H and O–H groups in total. The van der Waals surface area contributed by atoms with E-state index in [1.807, 2.05) is 13.8 Å². The molecule has 1 aromatic carbocycles. The van der Waals surface area contributed by atoms with E-state index in [0.29, 0.717) is 11.7 Å². The zero-order valence-electron chi connectivity index (χ0n) is 10.1. The molecule has 0 aromatic heterocycles. The lowest BCUT2D eigenvalue weighted by molar-refractivity contribution is 0.176. The van der Waals surface area contributed by atoms with Gasteiger partial charge >= 0.3 is 6.09 Å². The van der Waals surface area contributed by atoms with Crippen LogP contribution in [0.1, 0.15) is 13.8 Å². The number of nitrogens with one attached hydrogen (secondary N) is 1. The SMILES string of the molecule is CC1(C)CN(C(=O)Oc2ccc(F)cc2)C(=S)N1. The molecule has 0 atom stereocenters. The van der Waals surface area contributed by atoms with E-state index in [4.69, 9.17) is 17.0 Å². The molecule has 2 rings (SSSR count). The van der Waals surface area contributed by atoms with Crippen LogP contribution in [0.5, 0.6) is 5.75 Å². The summed E-state index contributed by atoms with van der Waals surface area (Å²) in [5.74, 6) is -0.0943. The number of benzene rings is 1. The topological polar surface area (TPSA) is 41.6 Å². The number of carbonyl (C=O) groups is 1. The fourth-order valence-electron chi connectivity index (χ4n) is 1.67. The van der Waals surface area contributed by atoms with Gasteiger partial charge in [-0.3, -0.25) is 4.90 Å². The molecule has 1 aliphatic rings. The third-order valence-electron chi connectivity index (χ3n) is 2.48. The van der Waals surface area contributed by atoms with Gasteiger partial charge in [-0.25, -0.2) is 9.18 Å². The summed E-state index contributed by atoms with van der Waals surface area (Å²) in [5.41, 5.74) is -0.265. The zero-order chi connectivity index (χ0) is 13.3. The maximum atomic E-state index is 12.7. The third-order valence-corrected chi connectivity index (χ3v) is 2.81. The molecular formula is C12H13FN2O2S. The zero-order valence-corrected chi connectivity index (χ0v) is 10.9. The molecule has 0 unspecified atom stereocenters. The molecule has 0 saturated carbocycles. The second-order valence-electron chi connectivity index (χ2n) is 4.72. The summed E-state index contributed by atoms with van der Waals surface area (Å²) in [4.78, 5) is 13.2. The van der Waals surface area contributed by atoms with Gasteiger partial charge in [0.05, 0.1) is 12.1 Å². The van der Waals surface area contributed by atoms with E-state index >= 15 is 0 Å². The minimum atomic E-state index is -0.565. The molecule has 1 saturated heterocycles. The number of nitrogens with zero attached hydrogens (tertiary/aromatic N) is 1. The van der Waals surface area contributed by atoms with Crippen molar-refractivity contribution in [3.05, 3.63) is 30.1 Å². The summed E-state index contributed by atoms with van der Waals surface area (Å²) in [6.45, 7) is 4.31. The number of hydrogen-bond acceptors (Lipinski definition) is 3. The van der Waals surface area contributed by atoms with Crippen LogP contribution in [0, 0.1) is 5.82 Å².